The molecule has 0 unspecified atom stereocenters. The van der Waals surface area contributed by atoms with E-state index in [2.05, 4.69) is 0 Å². The molecule has 0 aromatic rings. The van der Waals surface area contributed by atoms with Crippen LogP contribution in [0.5, 0.6) is 0 Å². The molecule has 0 heterocycles. The van der Waals surface area contributed by atoms with Gasteiger partial charge in [0.25, 0.3) is 0 Å². The van der Waals surface area contributed by atoms with Crippen molar-refractivity contribution in [1.29, 1.82) is 0 Å². The summed E-state index contributed by atoms with van der Waals surface area (Å²) in [5.74, 6) is 1.14. The van der Waals surface area contributed by atoms with Crippen LogP contribution in [-0.4, -0.2) is 30.4 Å². The first-order valence-corrected chi connectivity index (χ1v) is 7.03. The first-order valence-electron chi connectivity index (χ1n) is 7.03. The predicted octanol–water partition coefficient (Wildman–Crippen LogP) is 2.40. The topological polar surface area (TPSA) is 46.3 Å². The number of rotatable bonds is 5. The van der Waals surface area contributed by atoms with Crippen LogP contribution in [0.1, 0.15) is 52.4 Å². The summed E-state index contributed by atoms with van der Waals surface area (Å²) in [6.07, 6.45) is 7.97. The molecule has 0 saturated heterocycles. The van der Waals surface area contributed by atoms with Crippen LogP contribution < -0.4 is 5.73 Å². The lowest BCUT2D eigenvalue weighted by atomic mass is 9.87. The number of nitrogens with zero attached hydrogens (tertiary/aromatic N) is 1. The molecular weight excluding hydrogens is 212 g/mol. The molecule has 3 nitrogen and oxygen atoms in total. The molecule has 1 aliphatic rings. The van der Waals surface area contributed by atoms with Gasteiger partial charge in [0.15, 0.2) is 0 Å². The number of carbonyl (C=O) groups excluding carboxylic acids is 1. The van der Waals surface area contributed by atoms with E-state index in [1.807, 2.05) is 25.8 Å². The Kier molecular flexibility index (Phi) is 5.96. The Balaban J connectivity index is 2.28. The molecule has 17 heavy (non-hydrogen) atoms. The zero-order chi connectivity index (χ0) is 12.8. The fraction of sp³-hybridized carbons (Fsp3) is 0.929. The molecule has 2 N–H and O–H groups in total. The summed E-state index contributed by atoms with van der Waals surface area (Å²) in [6.45, 7) is 4.86. The molecular formula is C14H28N2O. The van der Waals surface area contributed by atoms with Crippen LogP contribution in [0.4, 0.5) is 0 Å². The maximum atomic E-state index is 12.0. The highest BCUT2D eigenvalue weighted by molar-refractivity contribution is 5.81. The number of likely N-dealkylation sites (N-methyl/N-ethyl adjacent to an activating group) is 1. The zero-order valence-electron chi connectivity index (χ0n) is 11.6. The molecule has 0 radical (unpaired) electrons. The fourth-order valence-electron chi connectivity index (χ4n) is 2.50. The fourth-order valence-corrected chi connectivity index (χ4v) is 2.50. The summed E-state index contributed by atoms with van der Waals surface area (Å²) >= 11 is 0. The molecule has 1 aliphatic carbocycles. The molecule has 0 aliphatic heterocycles. The maximum Gasteiger partial charge on any atom is 0.239 e. The minimum absolute atomic E-state index is 0.0933. The third-order valence-corrected chi connectivity index (χ3v) is 3.98. The molecule has 1 fully saturated rings. The van der Waals surface area contributed by atoms with E-state index in [0.717, 1.165) is 18.9 Å². The number of hydrogen-bond donors (Lipinski definition) is 1. The quantitative estimate of drug-likeness (QED) is 0.802. The van der Waals surface area contributed by atoms with E-state index < -0.39 is 0 Å². The second-order valence-electron chi connectivity index (χ2n) is 5.82. The van der Waals surface area contributed by atoms with Crippen molar-refractivity contribution in [3.8, 4) is 0 Å². The van der Waals surface area contributed by atoms with Crippen molar-refractivity contribution < 1.29 is 4.79 Å². The second-order valence-corrected chi connectivity index (χ2v) is 5.82. The van der Waals surface area contributed by atoms with E-state index >= 15 is 0 Å². The highest BCUT2D eigenvalue weighted by Crippen LogP contribution is 2.26. The Morgan fingerprint density at radius 2 is 1.88 bits per heavy atom. The monoisotopic (exact) mass is 240 g/mol. The van der Waals surface area contributed by atoms with Crippen LogP contribution in [0.3, 0.4) is 0 Å². The third kappa shape index (κ3) is 4.66. The highest BCUT2D eigenvalue weighted by atomic mass is 16.2. The second kappa shape index (κ2) is 7.00. The smallest absolute Gasteiger partial charge is 0.239 e. The summed E-state index contributed by atoms with van der Waals surface area (Å²) in [4.78, 5) is 13.8. The molecule has 0 spiro atoms. The first kappa shape index (κ1) is 14.5. The molecule has 1 amide bonds. The molecule has 1 saturated carbocycles. The van der Waals surface area contributed by atoms with Gasteiger partial charge in [-0.15, -0.1) is 0 Å². The molecule has 1 rings (SSSR count). The first-order chi connectivity index (χ1) is 8.02. The minimum atomic E-state index is -0.341. The lowest BCUT2D eigenvalue weighted by Gasteiger charge is -2.27. The maximum absolute atomic E-state index is 12.0. The molecule has 0 bridgehead atoms. The van der Waals surface area contributed by atoms with Gasteiger partial charge in [-0.25, -0.2) is 0 Å². The standard InChI is InChI=1S/C14H28N2O/c1-11(2)13(15)14(17)16(3)10-9-12-7-5-4-6-8-12/h11-13H,4-10,15H2,1-3H3/t13-/m0/s1. The number of nitrogens with two attached hydrogens (primary N) is 1. The van der Waals surface area contributed by atoms with E-state index in [4.69, 9.17) is 5.73 Å². The molecule has 3 heteroatoms. The lowest BCUT2D eigenvalue weighted by Crippen LogP contribution is -2.45. The zero-order valence-corrected chi connectivity index (χ0v) is 11.6. The summed E-state index contributed by atoms with van der Waals surface area (Å²) in [5, 5.41) is 0. The number of amides is 1. The van der Waals surface area contributed by atoms with E-state index in [1.54, 1.807) is 0 Å². The van der Waals surface area contributed by atoms with Crippen molar-refractivity contribution in [2.24, 2.45) is 17.6 Å². The van der Waals surface area contributed by atoms with Gasteiger partial charge in [0.2, 0.25) is 5.91 Å². The van der Waals surface area contributed by atoms with Crippen molar-refractivity contribution in [3.63, 3.8) is 0 Å². The van der Waals surface area contributed by atoms with Gasteiger partial charge in [0.1, 0.15) is 0 Å². The molecule has 0 aromatic heterocycles. The SMILES string of the molecule is CC(C)[C@H](N)C(=O)N(C)CCC1CCCCC1. The van der Waals surface area contributed by atoms with Gasteiger partial charge in [-0.3, -0.25) is 4.79 Å². The average molecular weight is 240 g/mol. The summed E-state index contributed by atoms with van der Waals surface area (Å²) < 4.78 is 0. The van der Waals surface area contributed by atoms with Crippen LogP contribution in [-0.2, 0) is 4.79 Å². The van der Waals surface area contributed by atoms with Crippen LogP contribution in [0.2, 0.25) is 0 Å². The third-order valence-electron chi connectivity index (χ3n) is 3.98. The Bertz CT molecular complexity index is 234. The number of hydrogen-bond acceptors (Lipinski definition) is 2. The van der Waals surface area contributed by atoms with Gasteiger partial charge in [0, 0.05) is 13.6 Å². The lowest BCUT2D eigenvalue weighted by molar-refractivity contribution is -0.132. The molecule has 0 aromatic carbocycles. The van der Waals surface area contributed by atoms with Crippen LogP contribution in [0, 0.1) is 11.8 Å². The normalized spacial score (nSPS) is 19.4. The van der Waals surface area contributed by atoms with Gasteiger partial charge in [-0.2, -0.15) is 0 Å². The van der Waals surface area contributed by atoms with Gasteiger partial charge < -0.3 is 10.6 Å². The van der Waals surface area contributed by atoms with Crippen molar-refractivity contribution >= 4 is 5.91 Å². The van der Waals surface area contributed by atoms with Crippen LogP contribution in [0.15, 0.2) is 0 Å². The van der Waals surface area contributed by atoms with E-state index in [1.165, 1.54) is 32.1 Å². The minimum Gasteiger partial charge on any atom is -0.344 e. The van der Waals surface area contributed by atoms with E-state index in [-0.39, 0.29) is 17.9 Å². The van der Waals surface area contributed by atoms with E-state index in [9.17, 15) is 4.79 Å². The summed E-state index contributed by atoms with van der Waals surface area (Å²) in [6, 6.07) is -0.341. The van der Waals surface area contributed by atoms with Crippen molar-refractivity contribution in [3.05, 3.63) is 0 Å². The van der Waals surface area contributed by atoms with Gasteiger partial charge in [-0.1, -0.05) is 46.0 Å². The number of carbonyl (C=O) groups is 1. The van der Waals surface area contributed by atoms with Crippen LogP contribution >= 0.6 is 0 Å². The van der Waals surface area contributed by atoms with E-state index in [0.29, 0.717) is 0 Å². The Labute approximate surface area is 106 Å². The highest BCUT2D eigenvalue weighted by Gasteiger charge is 2.22. The van der Waals surface area contributed by atoms with Gasteiger partial charge >= 0.3 is 0 Å². The van der Waals surface area contributed by atoms with Gasteiger partial charge in [-0.05, 0) is 18.3 Å². The average Bonchev–Trinajstić information content (AvgIpc) is 2.35. The molecule has 1 atom stereocenters. The predicted molar refractivity (Wildman–Crippen MR) is 71.6 cm³/mol. The van der Waals surface area contributed by atoms with Crippen molar-refractivity contribution in [2.45, 2.75) is 58.4 Å². The van der Waals surface area contributed by atoms with Gasteiger partial charge in [0.05, 0.1) is 6.04 Å². The van der Waals surface area contributed by atoms with Crippen molar-refractivity contribution in [2.75, 3.05) is 13.6 Å². The Morgan fingerprint density at radius 1 is 1.29 bits per heavy atom. The van der Waals surface area contributed by atoms with Crippen molar-refractivity contribution in [1.82, 2.24) is 4.90 Å². The largest absolute Gasteiger partial charge is 0.344 e. The Hall–Kier alpha value is -0.570. The van der Waals surface area contributed by atoms with Crippen LogP contribution in [0.25, 0.3) is 0 Å². The Morgan fingerprint density at radius 3 is 2.41 bits per heavy atom. The summed E-state index contributed by atoms with van der Waals surface area (Å²) in [5.41, 5.74) is 5.88. The summed E-state index contributed by atoms with van der Waals surface area (Å²) in [7, 11) is 1.88. The molecule has 100 valence electrons.